The number of fused-ring (bicyclic) bond motifs is 1. The third kappa shape index (κ3) is 4.50. The van der Waals surface area contributed by atoms with E-state index in [0.717, 1.165) is 49.9 Å². The van der Waals surface area contributed by atoms with Crippen molar-refractivity contribution in [2.24, 2.45) is 0 Å². The van der Waals surface area contributed by atoms with E-state index >= 15 is 0 Å². The number of nitrogens with zero attached hydrogens (tertiary/aromatic N) is 2. The van der Waals surface area contributed by atoms with Crippen LogP contribution < -0.4 is 10.1 Å². The number of halogens is 2. The highest BCUT2D eigenvalue weighted by atomic mass is 19.2. The van der Waals surface area contributed by atoms with Crippen molar-refractivity contribution in [2.75, 3.05) is 13.1 Å². The number of rotatable bonds is 5. The van der Waals surface area contributed by atoms with Crippen molar-refractivity contribution in [3.8, 4) is 5.75 Å². The molecule has 0 spiro atoms. The summed E-state index contributed by atoms with van der Waals surface area (Å²) in [4.78, 5) is 40.7. The van der Waals surface area contributed by atoms with E-state index in [1.165, 1.54) is 17.0 Å². The monoisotopic (exact) mass is 509 g/mol. The summed E-state index contributed by atoms with van der Waals surface area (Å²) < 4.78 is 33.5. The van der Waals surface area contributed by atoms with Crippen LogP contribution in [0, 0.1) is 11.6 Å². The van der Waals surface area contributed by atoms with Crippen molar-refractivity contribution in [1.82, 2.24) is 15.1 Å². The van der Waals surface area contributed by atoms with Gasteiger partial charge in [-0.3, -0.25) is 24.6 Å². The number of carbonyl (C=O) groups excluding carboxylic acids is 3. The maximum absolute atomic E-state index is 13.7. The number of ether oxygens (including phenoxy) is 1. The van der Waals surface area contributed by atoms with Crippen molar-refractivity contribution in [1.29, 1.82) is 0 Å². The van der Waals surface area contributed by atoms with Gasteiger partial charge in [0.15, 0.2) is 11.6 Å². The van der Waals surface area contributed by atoms with Gasteiger partial charge >= 0.3 is 0 Å². The van der Waals surface area contributed by atoms with Crippen molar-refractivity contribution < 1.29 is 27.9 Å². The normalized spacial score (nSPS) is 26.6. The maximum atomic E-state index is 13.7. The number of hydrogen-bond acceptors (Lipinski definition) is 5. The van der Waals surface area contributed by atoms with E-state index in [-0.39, 0.29) is 36.3 Å². The lowest BCUT2D eigenvalue weighted by Gasteiger charge is -2.48. The van der Waals surface area contributed by atoms with Gasteiger partial charge in [-0.15, -0.1) is 0 Å². The first kappa shape index (κ1) is 24.0. The maximum Gasteiger partial charge on any atom is 0.255 e. The molecule has 37 heavy (non-hydrogen) atoms. The smallest absolute Gasteiger partial charge is 0.255 e. The number of carbonyl (C=O) groups is 3. The molecule has 2 saturated heterocycles. The minimum atomic E-state index is -0.822. The Labute approximate surface area is 213 Å². The van der Waals surface area contributed by atoms with E-state index in [4.69, 9.17) is 4.74 Å². The quantitative estimate of drug-likeness (QED) is 0.625. The summed E-state index contributed by atoms with van der Waals surface area (Å²) in [5.41, 5.74) is 2.21. The summed E-state index contributed by atoms with van der Waals surface area (Å²) in [6.07, 6.45) is 4.70. The molecule has 7 nitrogen and oxygen atoms in total. The lowest BCUT2D eigenvalue weighted by molar-refractivity contribution is -0.136. The highest BCUT2D eigenvalue weighted by molar-refractivity contribution is 6.05. The van der Waals surface area contributed by atoms with E-state index in [1.807, 2.05) is 12.1 Å². The Morgan fingerprint density at radius 2 is 1.73 bits per heavy atom. The Balaban J connectivity index is 1.11. The molecule has 3 heterocycles. The van der Waals surface area contributed by atoms with Gasteiger partial charge in [-0.1, -0.05) is 12.5 Å². The molecule has 3 fully saturated rings. The molecule has 9 heteroatoms. The van der Waals surface area contributed by atoms with Crippen molar-refractivity contribution in [3.63, 3.8) is 0 Å². The molecule has 1 aliphatic carbocycles. The van der Waals surface area contributed by atoms with Gasteiger partial charge < -0.3 is 9.64 Å². The molecule has 6 rings (SSSR count). The van der Waals surface area contributed by atoms with Gasteiger partial charge in [-0.25, -0.2) is 8.78 Å². The zero-order valence-corrected chi connectivity index (χ0v) is 20.4. The number of hydrogen-bond donors (Lipinski definition) is 1. The topological polar surface area (TPSA) is 79.0 Å². The van der Waals surface area contributed by atoms with Gasteiger partial charge in [0.1, 0.15) is 17.9 Å². The summed E-state index contributed by atoms with van der Waals surface area (Å²) >= 11 is 0. The molecule has 0 aromatic heterocycles. The Morgan fingerprint density at radius 1 is 0.919 bits per heavy atom. The SMILES string of the molecule is O=C1CCC(N2Cc3cc(O[C@H]4CCCC[C@H]4N4CC(c5ccc(F)c(F)c5)C4)ccc3C2=O)C(=O)N1. The average Bonchev–Trinajstić information content (AvgIpc) is 3.17. The van der Waals surface area contributed by atoms with Gasteiger partial charge in [-0.05, 0) is 67.1 Å². The first-order chi connectivity index (χ1) is 17.9. The molecule has 2 aromatic rings. The second-order valence-electron chi connectivity index (χ2n) is 10.6. The summed E-state index contributed by atoms with van der Waals surface area (Å²) in [6, 6.07) is 9.24. The fraction of sp³-hybridized carbons (Fsp3) is 0.464. The molecule has 0 radical (unpaired) electrons. The predicted octanol–water partition coefficient (Wildman–Crippen LogP) is 3.52. The molecule has 3 amide bonds. The number of likely N-dealkylation sites (tertiary alicyclic amines) is 1. The number of piperidine rings is 1. The molecule has 2 aromatic carbocycles. The van der Waals surface area contributed by atoms with Crippen LogP contribution in [-0.2, 0) is 16.1 Å². The van der Waals surface area contributed by atoms with Crippen LogP contribution in [0.5, 0.6) is 5.75 Å². The molecular weight excluding hydrogens is 480 g/mol. The number of benzene rings is 2. The van der Waals surface area contributed by atoms with E-state index in [2.05, 4.69) is 10.2 Å². The molecule has 1 unspecified atom stereocenters. The Bertz CT molecular complexity index is 1260. The standard InChI is InChI=1S/C28H29F2N3O4/c29-21-8-5-16(12-22(21)30)18-13-32(14-18)23-3-1-2-4-25(23)37-19-6-7-20-17(11-19)15-33(28(20)36)24-9-10-26(34)31-27(24)35/h5-8,11-12,18,23-25H,1-4,9-10,13-15H2,(H,31,34,35)/t23-,24?,25+/m1/s1. The second kappa shape index (κ2) is 9.52. The highest BCUT2D eigenvalue weighted by Gasteiger charge is 2.41. The van der Waals surface area contributed by atoms with E-state index in [0.29, 0.717) is 24.3 Å². The molecule has 1 saturated carbocycles. The number of nitrogens with one attached hydrogen (secondary N) is 1. The molecular formula is C28H29F2N3O4. The zero-order valence-electron chi connectivity index (χ0n) is 20.4. The zero-order chi connectivity index (χ0) is 25.7. The minimum absolute atomic E-state index is 0.000969. The molecule has 1 N–H and O–H groups in total. The first-order valence-corrected chi connectivity index (χ1v) is 13.0. The Hall–Kier alpha value is -3.33. The predicted molar refractivity (Wildman–Crippen MR) is 130 cm³/mol. The van der Waals surface area contributed by atoms with Gasteiger partial charge in [-0.2, -0.15) is 0 Å². The van der Waals surface area contributed by atoms with E-state index in [1.54, 1.807) is 12.1 Å². The molecule has 3 atom stereocenters. The Morgan fingerprint density at radius 3 is 2.51 bits per heavy atom. The molecule has 3 aliphatic heterocycles. The first-order valence-electron chi connectivity index (χ1n) is 13.0. The molecule has 4 aliphatic rings. The Kier molecular flexibility index (Phi) is 6.18. The highest BCUT2D eigenvalue weighted by Crippen LogP contribution is 2.37. The van der Waals surface area contributed by atoms with Crippen molar-refractivity contribution in [3.05, 3.63) is 64.7 Å². The van der Waals surface area contributed by atoms with Crippen LogP contribution in [0.25, 0.3) is 0 Å². The van der Waals surface area contributed by atoms with Crippen LogP contribution in [0.3, 0.4) is 0 Å². The molecule has 194 valence electrons. The second-order valence-corrected chi connectivity index (χ2v) is 10.6. The van der Waals surface area contributed by atoms with Crippen LogP contribution in [0.1, 0.15) is 65.9 Å². The van der Waals surface area contributed by atoms with Crippen LogP contribution in [-0.4, -0.2) is 58.8 Å². The lowest BCUT2D eigenvalue weighted by Crippen LogP contribution is -2.57. The largest absolute Gasteiger partial charge is 0.489 e. The summed E-state index contributed by atoms with van der Waals surface area (Å²) in [5, 5.41) is 2.33. The molecule has 0 bridgehead atoms. The number of imide groups is 1. The van der Waals surface area contributed by atoms with Crippen molar-refractivity contribution in [2.45, 2.75) is 69.2 Å². The van der Waals surface area contributed by atoms with Gasteiger partial charge in [0.25, 0.3) is 5.91 Å². The van der Waals surface area contributed by atoms with Crippen LogP contribution >= 0.6 is 0 Å². The third-order valence-corrected chi connectivity index (χ3v) is 8.24. The van der Waals surface area contributed by atoms with Crippen molar-refractivity contribution >= 4 is 17.7 Å². The van der Waals surface area contributed by atoms with E-state index in [9.17, 15) is 23.2 Å². The van der Waals surface area contributed by atoms with E-state index < -0.39 is 23.6 Å². The fourth-order valence-electron chi connectivity index (χ4n) is 6.19. The number of amides is 3. The lowest BCUT2D eigenvalue weighted by atomic mass is 9.84. The van der Waals surface area contributed by atoms with Gasteiger partial charge in [0, 0.05) is 43.6 Å². The summed E-state index contributed by atoms with van der Waals surface area (Å²) in [6.45, 7) is 1.89. The summed E-state index contributed by atoms with van der Waals surface area (Å²) in [7, 11) is 0. The van der Waals surface area contributed by atoms with Gasteiger partial charge in [0.05, 0.1) is 0 Å². The fourth-order valence-corrected chi connectivity index (χ4v) is 6.19. The van der Waals surface area contributed by atoms with Crippen LogP contribution in [0.2, 0.25) is 0 Å². The minimum Gasteiger partial charge on any atom is -0.489 e. The van der Waals surface area contributed by atoms with Crippen LogP contribution in [0.15, 0.2) is 36.4 Å². The van der Waals surface area contributed by atoms with Crippen LogP contribution in [0.4, 0.5) is 8.78 Å². The summed E-state index contributed by atoms with van der Waals surface area (Å²) in [5.74, 6) is -1.67. The third-order valence-electron chi connectivity index (χ3n) is 8.24. The van der Waals surface area contributed by atoms with Gasteiger partial charge in [0.2, 0.25) is 11.8 Å². The average molecular weight is 510 g/mol.